The molecule has 0 fully saturated rings. The molecule has 100 valence electrons. The second-order valence-electron chi connectivity index (χ2n) is 4.18. The summed E-state index contributed by atoms with van der Waals surface area (Å²) >= 11 is 1.31. The molecule has 1 aromatic heterocycles. The number of allylic oxidation sites excluding steroid dienone is 3. The average Bonchev–Trinajstić information content (AvgIpc) is 2.79. The molecule has 1 atom stereocenters. The van der Waals surface area contributed by atoms with E-state index in [-0.39, 0.29) is 11.3 Å². The topological polar surface area (TPSA) is 92.5 Å². The van der Waals surface area contributed by atoms with E-state index in [1.54, 1.807) is 31.4 Å². The number of dihydropyridines is 1. The van der Waals surface area contributed by atoms with Gasteiger partial charge in [0.15, 0.2) is 0 Å². The van der Waals surface area contributed by atoms with Crippen molar-refractivity contribution in [2.75, 3.05) is 0 Å². The molecule has 7 heteroatoms. The number of hydrogen-bond donors (Lipinski definition) is 2. The molecule has 0 radical (unpaired) electrons. The van der Waals surface area contributed by atoms with Crippen LogP contribution in [0.4, 0.5) is 0 Å². The van der Waals surface area contributed by atoms with Crippen molar-refractivity contribution in [2.24, 2.45) is 0 Å². The summed E-state index contributed by atoms with van der Waals surface area (Å²) in [7, 11) is 0. The molecule has 1 aliphatic rings. The Bertz CT molecular complexity index is 565. The predicted octanol–water partition coefficient (Wildman–Crippen LogP) is 2.30. The van der Waals surface area contributed by atoms with Crippen molar-refractivity contribution in [2.45, 2.75) is 19.8 Å². The molecule has 6 nitrogen and oxygen atoms in total. The number of aliphatic carboxylic acids is 1. The van der Waals surface area contributed by atoms with Crippen molar-refractivity contribution < 1.29 is 14.8 Å². The van der Waals surface area contributed by atoms with E-state index in [9.17, 15) is 20.0 Å². The fourth-order valence-electron chi connectivity index (χ4n) is 2.24. The zero-order valence-electron chi connectivity index (χ0n) is 10.3. The molecule has 2 N–H and O–H groups in total. The van der Waals surface area contributed by atoms with E-state index in [0.717, 1.165) is 0 Å². The van der Waals surface area contributed by atoms with Gasteiger partial charge < -0.3 is 10.4 Å². The Balaban J connectivity index is 2.65. The van der Waals surface area contributed by atoms with Crippen LogP contribution in [-0.4, -0.2) is 16.0 Å². The highest BCUT2D eigenvalue weighted by Crippen LogP contribution is 2.39. The third-order valence-corrected chi connectivity index (χ3v) is 3.92. The van der Waals surface area contributed by atoms with Gasteiger partial charge in [0, 0.05) is 10.6 Å². The molecule has 1 aromatic rings. The van der Waals surface area contributed by atoms with E-state index >= 15 is 0 Å². The molecule has 0 saturated heterocycles. The lowest BCUT2D eigenvalue weighted by Crippen LogP contribution is -2.30. The largest absolute Gasteiger partial charge is 0.478 e. The summed E-state index contributed by atoms with van der Waals surface area (Å²) in [5.41, 5.74) is 0.741. The van der Waals surface area contributed by atoms with Crippen molar-refractivity contribution >= 4 is 17.3 Å². The van der Waals surface area contributed by atoms with Crippen LogP contribution in [0.5, 0.6) is 0 Å². The molecule has 1 aliphatic heterocycles. The number of nitro groups is 1. The smallest absolute Gasteiger partial charge is 0.334 e. The predicted molar refractivity (Wildman–Crippen MR) is 70.2 cm³/mol. The summed E-state index contributed by atoms with van der Waals surface area (Å²) in [6, 6.07) is 3.47. The van der Waals surface area contributed by atoms with Crippen LogP contribution in [-0.2, 0) is 4.79 Å². The highest BCUT2D eigenvalue weighted by molar-refractivity contribution is 7.10. The molecule has 2 rings (SSSR count). The number of nitrogens with one attached hydrogen (secondary N) is 1. The molecule has 0 aliphatic carbocycles. The molecule has 0 amide bonds. The summed E-state index contributed by atoms with van der Waals surface area (Å²) in [4.78, 5) is 22.8. The normalized spacial score (nSPS) is 19.4. The second-order valence-corrected chi connectivity index (χ2v) is 5.16. The molecule has 0 aromatic carbocycles. The van der Waals surface area contributed by atoms with Crippen LogP contribution in [0, 0.1) is 10.1 Å². The number of carboxylic acid groups (broad SMARTS) is 1. The summed E-state index contributed by atoms with van der Waals surface area (Å²) in [5.74, 6) is -1.97. The Morgan fingerprint density at radius 2 is 2.16 bits per heavy atom. The summed E-state index contributed by atoms with van der Waals surface area (Å²) < 4.78 is 0. The maximum absolute atomic E-state index is 11.4. The van der Waals surface area contributed by atoms with Crippen molar-refractivity contribution in [1.29, 1.82) is 0 Å². The average molecular weight is 280 g/mol. The van der Waals surface area contributed by atoms with Crippen LogP contribution in [0.2, 0.25) is 0 Å². The van der Waals surface area contributed by atoms with Crippen LogP contribution in [0.1, 0.15) is 24.6 Å². The van der Waals surface area contributed by atoms with E-state index in [4.69, 9.17) is 0 Å². The number of carbonyl (C=O) groups is 1. The van der Waals surface area contributed by atoms with Crippen LogP contribution in [0.3, 0.4) is 0 Å². The number of nitrogens with zero attached hydrogens (tertiary/aromatic N) is 1. The Hall–Kier alpha value is -2.15. The molecule has 0 spiro atoms. The lowest BCUT2D eigenvalue weighted by molar-refractivity contribution is -0.430. The van der Waals surface area contributed by atoms with Gasteiger partial charge in [0.1, 0.15) is 5.92 Å². The zero-order valence-corrected chi connectivity index (χ0v) is 11.2. The SMILES string of the molecule is CC1=C(C(=O)O)C(c2cccs2)C([N+](=O)[O-])=C(C)N1. The van der Waals surface area contributed by atoms with Crippen LogP contribution in [0.25, 0.3) is 0 Å². The number of rotatable bonds is 3. The van der Waals surface area contributed by atoms with E-state index in [2.05, 4.69) is 5.32 Å². The van der Waals surface area contributed by atoms with E-state index in [0.29, 0.717) is 16.3 Å². The first-order chi connectivity index (χ1) is 8.93. The van der Waals surface area contributed by atoms with Crippen LogP contribution in [0.15, 0.2) is 40.2 Å². The number of hydrogen-bond acceptors (Lipinski definition) is 5. The minimum atomic E-state index is -1.14. The minimum absolute atomic E-state index is 0.0275. The first kappa shape index (κ1) is 13.3. The summed E-state index contributed by atoms with van der Waals surface area (Å²) in [6.45, 7) is 3.20. The molecule has 19 heavy (non-hydrogen) atoms. The maximum Gasteiger partial charge on any atom is 0.334 e. The highest BCUT2D eigenvalue weighted by Gasteiger charge is 2.40. The third kappa shape index (κ3) is 2.24. The van der Waals surface area contributed by atoms with Gasteiger partial charge in [0.25, 0.3) is 5.70 Å². The van der Waals surface area contributed by atoms with E-state index in [1.807, 2.05) is 0 Å². The number of thiophene rings is 1. The standard InChI is InChI=1S/C12H12N2O4S/c1-6-9(12(15)16)10(8-4-3-5-19-8)11(14(17)18)7(2)13-6/h3-5,10,13H,1-2H3,(H,15,16). The van der Waals surface area contributed by atoms with Crippen molar-refractivity contribution in [3.05, 3.63) is 55.2 Å². The molecule has 1 unspecified atom stereocenters. The molecule has 0 bridgehead atoms. The van der Waals surface area contributed by atoms with Crippen molar-refractivity contribution in [1.82, 2.24) is 5.32 Å². The summed E-state index contributed by atoms with van der Waals surface area (Å²) in [5, 5.41) is 25.1. The van der Waals surface area contributed by atoms with Crippen LogP contribution < -0.4 is 5.32 Å². The van der Waals surface area contributed by atoms with Gasteiger partial charge in [0.05, 0.1) is 16.2 Å². The Morgan fingerprint density at radius 1 is 1.47 bits per heavy atom. The highest BCUT2D eigenvalue weighted by atomic mass is 32.1. The fraction of sp³-hybridized carbons (Fsp3) is 0.250. The Kier molecular flexibility index (Phi) is 3.39. The lowest BCUT2D eigenvalue weighted by Gasteiger charge is -2.24. The third-order valence-electron chi connectivity index (χ3n) is 2.98. The monoisotopic (exact) mass is 280 g/mol. The Morgan fingerprint density at radius 3 is 2.63 bits per heavy atom. The fourth-order valence-corrected chi connectivity index (χ4v) is 3.08. The van der Waals surface area contributed by atoms with Gasteiger partial charge in [0.2, 0.25) is 0 Å². The lowest BCUT2D eigenvalue weighted by atomic mass is 9.89. The molecule has 0 saturated carbocycles. The van der Waals surface area contributed by atoms with Gasteiger partial charge in [-0.15, -0.1) is 11.3 Å². The molecular formula is C12H12N2O4S. The summed E-state index contributed by atoms with van der Waals surface area (Å²) in [6.07, 6.45) is 0. The maximum atomic E-state index is 11.4. The Labute approximate surface area is 113 Å². The first-order valence-electron chi connectivity index (χ1n) is 5.53. The first-order valence-corrected chi connectivity index (χ1v) is 6.41. The van der Waals surface area contributed by atoms with Gasteiger partial charge >= 0.3 is 5.97 Å². The molecule has 2 heterocycles. The quantitative estimate of drug-likeness (QED) is 0.654. The van der Waals surface area contributed by atoms with E-state index in [1.165, 1.54) is 11.3 Å². The van der Waals surface area contributed by atoms with Gasteiger partial charge in [-0.1, -0.05) is 6.07 Å². The number of carboxylic acids is 1. The van der Waals surface area contributed by atoms with Gasteiger partial charge in [-0.3, -0.25) is 10.1 Å². The van der Waals surface area contributed by atoms with Gasteiger partial charge in [-0.05, 0) is 25.3 Å². The molecular weight excluding hydrogens is 268 g/mol. The van der Waals surface area contributed by atoms with Gasteiger partial charge in [-0.2, -0.15) is 0 Å². The van der Waals surface area contributed by atoms with Crippen molar-refractivity contribution in [3.8, 4) is 0 Å². The second kappa shape index (κ2) is 4.85. The zero-order chi connectivity index (χ0) is 14.2. The van der Waals surface area contributed by atoms with Gasteiger partial charge in [-0.25, -0.2) is 4.79 Å². The minimum Gasteiger partial charge on any atom is -0.478 e. The van der Waals surface area contributed by atoms with Crippen LogP contribution >= 0.6 is 11.3 Å². The van der Waals surface area contributed by atoms with Crippen molar-refractivity contribution in [3.63, 3.8) is 0 Å². The van der Waals surface area contributed by atoms with E-state index < -0.39 is 16.8 Å².